The van der Waals surface area contributed by atoms with Gasteiger partial charge in [-0.25, -0.2) is 0 Å². The molecule has 0 heterocycles. The molecular weight excluding hydrogens is 206 g/mol. The maximum Gasteiger partial charge on any atom is 0.0145 e. The average Bonchev–Trinajstić information content (AvgIpc) is 3.13. The second-order valence-electron chi connectivity index (χ2n) is 5.89. The van der Waals surface area contributed by atoms with Crippen LogP contribution in [0.2, 0.25) is 0 Å². The zero-order chi connectivity index (χ0) is 11.7. The third-order valence-electron chi connectivity index (χ3n) is 4.56. The molecule has 1 N–H and O–H groups in total. The van der Waals surface area contributed by atoms with Gasteiger partial charge in [-0.2, -0.15) is 0 Å². The van der Waals surface area contributed by atoms with E-state index in [1.54, 1.807) is 0 Å². The summed E-state index contributed by atoms with van der Waals surface area (Å²) in [5.74, 6) is 1.66. The normalized spacial score (nSPS) is 36.8. The van der Waals surface area contributed by atoms with Gasteiger partial charge in [0.15, 0.2) is 0 Å². The lowest BCUT2D eigenvalue weighted by atomic mass is 9.86. The molecule has 17 heavy (non-hydrogen) atoms. The van der Waals surface area contributed by atoms with E-state index < -0.39 is 0 Å². The maximum absolute atomic E-state index is 3.89. The molecule has 4 unspecified atom stereocenters. The minimum absolute atomic E-state index is 0.753. The predicted octanol–water partition coefficient (Wildman–Crippen LogP) is 3.71. The van der Waals surface area contributed by atoms with E-state index in [9.17, 15) is 0 Å². The third-order valence-corrected chi connectivity index (χ3v) is 4.56. The molecule has 92 valence electrons. The lowest BCUT2D eigenvalue weighted by molar-refractivity contribution is 0.278. The van der Waals surface area contributed by atoms with E-state index in [2.05, 4.69) is 42.6 Å². The Bertz CT molecular complexity index is 359. The molecule has 0 amide bonds. The van der Waals surface area contributed by atoms with Crippen molar-refractivity contribution in [3.63, 3.8) is 0 Å². The van der Waals surface area contributed by atoms with Gasteiger partial charge < -0.3 is 5.32 Å². The van der Waals surface area contributed by atoms with Crippen molar-refractivity contribution in [1.82, 2.24) is 5.32 Å². The highest BCUT2D eigenvalue weighted by Gasteiger charge is 2.40. The molecule has 0 spiro atoms. The minimum atomic E-state index is 0.753. The first-order valence-corrected chi connectivity index (χ1v) is 7.15. The van der Waals surface area contributed by atoms with Gasteiger partial charge in [-0.05, 0) is 30.7 Å². The summed E-state index contributed by atoms with van der Waals surface area (Å²) in [4.78, 5) is 0. The van der Waals surface area contributed by atoms with E-state index in [1.807, 2.05) is 0 Å². The number of benzene rings is 1. The fourth-order valence-electron chi connectivity index (χ4n) is 3.29. The van der Waals surface area contributed by atoms with Crippen molar-refractivity contribution < 1.29 is 0 Å². The fraction of sp³-hybridized carbons (Fsp3) is 0.625. The quantitative estimate of drug-likeness (QED) is 0.833. The Hall–Kier alpha value is -0.820. The topological polar surface area (TPSA) is 12.0 Å². The lowest BCUT2D eigenvalue weighted by Crippen LogP contribution is -2.39. The summed E-state index contributed by atoms with van der Waals surface area (Å²) in [6, 6.07) is 12.5. The fourth-order valence-corrected chi connectivity index (χ4v) is 3.29. The van der Waals surface area contributed by atoms with Gasteiger partial charge in [0.05, 0.1) is 0 Å². The van der Waals surface area contributed by atoms with Gasteiger partial charge in [0, 0.05) is 18.0 Å². The average molecular weight is 229 g/mol. The summed E-state index contributed by atoms with van der Waals surface area (Å²) < 4.78 is 0. The molecule has 2 aliphatic rings. The highest BCUT2D eigenvalue weighted by atomic mass is 15.0. The summed E-state index contributed by atoms with van der Waals surface area (Å²) in [6.07, 6.45) is 7.00. The van der Waals surface area contributed by atoms with E-state index in [0.29, 0.717) is 0 Å². The second-order valence-corrected chi connectivity index (χ2v) is 5.89. The smallest absolute Gasteiger partial charge is 0.0145 e. The van der Waals surface area contributed by atoms with Crippen LogP contribution in [0.25, 0.3) is 0 Å². The van der Waals surface area contributed by atoms with Gasteiger partial charge in [0.2, 0.25) is 0 Å². The first-order chi connectivity index (χ1) is 8.34. The van der Waals surface area contributed by atoms with Crippen LogP contribution in [0.4, 0.5) is 0 Å². The van der Waals surface area contributed by atoms with Crippen molar-refractivity contribution in [1.29, 1.82) is 0 Å². The molecule has 0 bridgehead atoms. The molecule has 1 heteroatoms. The van der Waals surface area contributed by atoms with Gasteiger partial charge in [0.25, 0.3) is 0 Å². The number of rotatable bonds is 3. The van der Waals surface area contributed by atoms with Crippen molar-refractivity contribution in [3.8, 4) is 0 Å². The van der Waals surface area contributed by atoms with Crippen LogP contribution in [0, 0.1) is 5.92 Å². The number of hydrogen-bond acceptors (Lipinski definition) is 1. The largest absolute Gasteiger partial charge is 0.310 e. The highest BCUT2D eigenvalue weighted by molar-refractivity contribution is 5.27. The summed E-state index contributed by atoms with van der Waals surface area (Å²) in [5, 5.41) is 3.89. The van der Waals surface area contributed by atoms with Crippen molar-refractivity contribution in [2.24, 2.45) is 5.92 Å². The van der Waals surface area contributed by atoms with Crippen LogP contribution in [0.1, 0.15) is 50.5 Å². The molecule has 0 radical (unpaired) electrons. The Labute approximate surface area is 105 Å². The number of nitrogens with one attached hydrogen (secondary N) is 1. The lowest BCUT2D eigenvalue weighted by Gasteiger charge is -2.30. The number of hydrogen-bond donors (Lipinski definition) is 1. The standard InChI is InChI=1S/C16H23N/c1-12-7-5-6-10-15(12)17-16-11-14(16)13-8-3-2-4-9-13/h2-4,8-9,12,14-17H,5-7,10-11H2,1H3. The van der Waals surface area contributed by atoms with Crippen LogP contribution in [0.5, 0.6) is 0 Å². The van der Waals surface area contributed by atoms with Gasteiger partial charge in [-0.3, -0.25) is 0 Å². The van der Waals surface area contributed by atoms with Crippen LogP contribution in [0.15, 0.2) is 30.3 Å². The Kier molecular flexibility index (Phi) is 3.19. The SMILES string of the molecule is CC1CCCCC1NC1CC1c1ccccc1. The molecular formula is C16H23N. The van der Waals surface area contributed by atoms with Crippen LogP contribution in [0.3, 0.4) is 0 Å². The molecule has 2 aliphatic carbocycles. The summed E-state index contributed by atoms with van der Waals surface area (Å²) in [7, 11) is 0. The molecule has 1 nitrogen and oxygen atoms in total. The van der Waals surface area contributed by atoms with Gasteiger partial charge in [-0.1, -0.05) is 50.1 Å². The van der Waals surface area contributed by atoms with Crippen molar-refractivity contribution in [2.75, 3.05) is 0 Å². The molecule has 4 atom stereocenters. The van der Waals surface area contributed by atoms with E-state index in [-0.39, 0.29) is 0 Å². The molecule has 2 fully saturated rings. The Morgan fingerprint density at radius 1 is 1.00 bits per heavy atom. The molecule has 2 saturated carbocycles. The first kappa shape index (κ1) is 11.3. The zero-order valence-corrected chi connectivity index (χ0v) is 10.7. The van der Waals surface area contributed by atoms with E-state index in [0.717, 1.165) is 23.9 Å². The van der Waals surface area contributed by atoms with E-state index >= 15 is 0 Å². The highest BCUT2D eigenvalue weighted by Crippen LogP contribution is 2.42. The van der Waals surface area contributed by atoms with Crippen molar-refractivity contribution in [3.05, 3.63) is 35.9 Å². The molecule has 1 aromatic carbocycles. The van der Waals surface area contributed by atoms with Crippen LogP contribution < -0.4 is 5.32 Å². The molecule has 0 aromatic heterocycles. The first-order valence-electron chi connectivity index (χ1n) is 7.15. The summed E-state index contributed by atoms with van der Waals surface area (Å²) in [5.41, 5.74) is 1.52. The van der Waals surface area contributed by atoms with Crippen molar-refractivity contribution in [2.45, 2.75) is 57.0 Å². The summed E-state index contributed by atoms with van der Waals surface area (Å²) in [6.45, 7) is 2.41. The van der Waals surface area contributed by atoms with Gasteiger partial charge in [0.1, 0.15) is 0 Å². The van der Waals surface area contributed by atoms with Gasteiger partial charge >= 0.3 is 0 Å². The van der Waals surface area contributed by atoms with Gasteiger partial charge in [-0.15, -0.1) is 0 Å². The second kappa shape index (κ2) is 4.81. The Morgan fingerprint density at radius 3 is 2.53 bits per heavy atom. The molecule has 1 aromatic rings. The van der Waals surface area contributed by atoms with E-state index in [1.165, 1.54) is 37.7 Å². The molecule has 3 rings (SSSR count). The van der Waals surface area contributed by atoms with Crippen molar-refractivity contribution >= 4 is 0 Å². The molecule has 0 aliphatic heterocycles. The van der Waals surface area contributed by atoms with Crippen LogP contribution >= 0.6 is 0 Å². The minimum Gasteiger partial charge on any atom is -0.310 e. The van der Waals surface area contributed by atoms with E-state index in [4.69, 9.17) is 0 Å². The monoisotopic (exact) mass is 229 g/mol. The van der Waals surface area contributed by atoms with Crippen LogP contribution in [-0.4, -0.2) is 12.1 Å². The Balaban J connectivity index is 1.55. The Morgan fingerprint density at radius 2 is 1.76 bits per heavy atom. The maximum atomic E-state index is 3.89. The van der Waals surface area contributed by atoms with Crippen LogP contribution in [-0.2, 0) is 0 Å². The molecule has 0 saturated heterocycles. The zero-order valence-electron chi connectivity index (χ0n) is 10.7. The summed E-state index contributed by atoms with van der Waals surface area (Å²) >= 11 is 0. The third kappa shape index (κ3) is 2.55. The predicted molar refractivity (Wildman–Crippen MR) is 72.1 cm³/mol.